The van der Waals surface area contributed by atoms with Crippen molar-refractivity contribution in [3.63, 3.8) is 0 Å². The van der Waals surface area contributed by atoms with E-state index in [2.05, 4.69) is 118 Å². The molecule has 40 heavy (non-hydrogen) atoms. The predicted octanol–water partition coefficient (Wildman–Crippen LogP) is 10.1. The zero-order valence-corrected chi connectivity index (χ0v) is 26.9. The summed E-state index contributed by atoms with van der Waals surface area (Å²) in [6, 6.07) is 18.7. The number of benzene rings is 4. The van der Waals surface area contributed by atoms with Gasteiger partial charge in [0.05, 0.1) is 0 Å². The van der Waals surface area contributed by atoms with Crippen molar-refractivity contribution >= 4 is 0 Å². The maximum atomic E-state index is 2.34. The number of rotatable bonds is 9. The molecule has 0 heteroatoms. The van der Waals surface area contributed by atoms with Gasteiger partial charge in [0, 0.05) is 0 Å². The van der Waals surface area contributed by atoms with E-state index in [-0.39, 0.29) is 0 Å². The highest BCUT2D eigenvalue weighted by molar-refractivity contribution is 5.50. The molecule has 4 rings (SSSR count). The van der Waals surface area contributed by atoms with Crippen LogP contribution in [0.1, 0.15) is 89.0 Å². The Kier molecular flexibility index (Phi) is 9.40. The van der Waals surface area contributed by atoms with Crippen LogP contribution in [0.25, 0.3) is 0 Å². The van der Waals surface area contributed by atoms with Gasteiger partial charge in [0.25, 0.3) is 0 Å². The van der Waals surface area contributed by atoms with Crippen LogP contribution in [0.3, 0.4) is 0 Å². The minimum Gasteiger partial charge on any atom is -0.0588 e. The fourth-order valence-electron chi connectivity index (χ4n) is 6.48. The monoisotopic (exact) mass is 530 g/mol. The van der Waals surface area contributed by atoms with Crippen LogP contribution in [0.15, 0.2) is 48.5 Å². The van der Waals surface area contributed by atoms with E-state index in [0.29, 0.717) is 0 Å². The lowest BCUT2D eigenvalue weighted by Crippen LogP contribution is -2.04. The average molecular weight is 531 g/mol. The van der Waals surface area contributed by atoms with Crippen molar-refractivity contribution in [2.75, 3.05) is 0 Å². The summed E-state index contributed by atoms with van der Waals surface area (Å²) < 4.78 is 0. The van der Waals surface area contributed by atoms with E-state index in [0.717, 1.165) is 38.5 Å². The zero-order chi connectivity index (χ0) is 29.1. The Hall–Kier alpha value is -3.12. The van der Waals surface area contributed by atoms with Gasteiger partial charge >= 0.3 is 0 Å². The Morgan fingerprint density at radius 3 is 0.650 bits per heavy atom. The molecule has 0 spiro atoms. The second-order valence-corrected chi connectivity index (χ2v) is 12.3. The molecule has 4 aromatic rings. The summed E-state index contributed by atoms with van der Waals surface area (Å²) in [6.07, 6.45) is 6.63. The largest absolute Gasteiger partial charge is 0.0588 e. The van der Waals surface area contributed by atoms with Crippen LogP contribution < -0.4 is 0 Å². The first-order valence-corrected chi connectivity index (χ1v) is 15.3. The lowest BCUT2D eigenvalue weighted by atomic mass is 9.87. The molecule has 4 aromatic carbocycles. The Balaban J connectivity index is 1.31. The molecule has 0 aromatic heterocycles. The van der Waals surface area contributed by atoms with Gasteiger partial charge in [0.2, 0.25) is 0 Å². The second kappa shape index (κ2) is 12.6. The van der Waals surface area contributed by atoms with Crippen molar-refractivity contribution in [3.8, 4) is 0 Å². The van der Waals surface area contributed by atoms with Crippen molar-refractivity contribution in [1.82, 2.24) is 0 Å². The average Bonchev–Trinajstić information content (AvgIpc) is 2.97. The fourth-order valence-corrected chi connectivity index (χ4v) is 6.48. The molecule has 0 heterocycles. The molecule has 0 nitrogen and oxygen atoms in total. The Bertz CT molecular complexity index is 1320. The van der Waals surface area contributed by atoms with E-state index < -0.39 is 0 Å². The molecule has 210 valence electrons. The molecule has 0 fully saturated rings. The molecule has 0 bridgehead atoms. The van der Waals surface area contributed by atoms with Crippen LogP contribution in [-0.4, -0.2) is 0 Å². The van der Waals surface area contributed by atoms with E-state index in [9.17, 15) is 0 Å². The van der Waals surface area contributed by atoms with Crippen LogP contribution in [-0.2, 0) is 38.5 Å². The first-order valence-electron chi connectivity index (χ1n) is 15.3. The Morgan fingerprint density at radius 2 is 0.425 bits per heavy atom. The topological polar surface area (TPSA) is 0 Å². The molecular weight excluding hydrogens is 480 g/mol. The minimum atomic E-state index is 1.09. The minimum absolute atomic E-state index is 1.09. The van der Waals surface area contributed by atoms with Crippen LogP contribution in [0.5, 0.6) is 0 Å². The lowest BCUT2D eigenvalue weighted by Gasteiger charge is -2.19. The SMILES string of the molecule is Cc1c(C)c(C)c(CCc2ccc(CCc3ccc(CCc4c(C)c(C)c(C)c(C)c4C)cc3)cc2)c(C)c1C. The summed E-state index contributed by atoms with van der Waals surface area (Å²) in [5, 5.41) is 0. The second-order valence-electron chi connectivity index (χ2n) is 12.3. The van der Waals surface area contributed by atoms with Gasteiger partial charge in [-0.25, -0.2) is 0 Å². The summed E-state index contributed by atoms with van der Waals surface area (Å²) in [5.41, 5.74) is 23.5. The standard InChI is InChI=1S/C40H50/c1-25-27(3)31(7)39(32(8)28(25)4)23-21-37-17-13-35(14-18-37)11-12-36-15-19-38(20-16-36)22-24-40-33(9)29(5)26(2)30(6)34(40)10/h13-20H,11-12,21-24H2,1-10H3. The van der Waals surface area contributed by atoms with Crippen molar-refractivity contribution in [2.24, 2.45) is 0 Å². The summed E-state index contributed by atoms with van der Waals surface area (Å²) in [4.78, 5) is 0. The van der Waals surface area contributed by atoms with Gasteiger partial charge in [0.1, 0.15) is 0 Å². The Morgan fingerprint density at radius 1 is 0.250 bits per heavy atom. The third kappa shape index (κ3) is 6.27. The van der Waals surface area contributed by atoms with E-state index in [1.165, 1.54) is 77.9 Å². The maximum Gasteiger partial charge on any atom is -0.0233 e. The first-order chi connectivity index (χ1) is 19.0. The number of aryl methyl sites for hydroxylation is 4. The van der Waals surface area contributed by atoms with Crippen molar-refractivity contribution in [1.29, 1.82) is 0 Å². The zero-order valence-electron chi connectivity index (χ0n) is 26.9. The highest BCUT2D eigenvalue weighted by Gasteiger charge is 2.13. The first kappa shape index (κ1) is 29.9. The summed E-state index contributed by atoms with van der Waals surface area (Å²) >= 11 is 0. The summed E-state index contributed by atoms with van der Waals surface area (Å²) in [7, 11) is 0. The van der Waals surface area contributed by atoms with Gasteiger partial charge in [-0.3, -0.25) is 0 Å². The molecule has 0 saturated heterocycles. The summed E-state index contributed by atoms with van der Waals surface area (Å²) in [6.45, 7) is 22.8. The molecular formula is C40H50. The maximum absolute atomic E-state index is 2.34. The molecule has 0 atom stereocenters. The van der Waals surface area contributed by atoms with Crippen molar-refractivity contribution in [2.45, 2.75) is 108 Å². The van der Waals surface area contributed by atoms with Gasteiger partial charge in [-0.15, -0.1) is 0 Å². The van der Waals surface area contributed by atoms with Crippen LogP contribution in [0.4, 0.5) is 0 Å². The van der Waals surface area contributed by atoms with Crippen LogP contribution >= 0.6 is 0 Å². The third-order valence-electron chi connectivity index (χ3n) is 10.4. The molecule has 0 radical (unpaired) electrons. The molecule has 0 unspecified atom stereocenters. The number of hydrogen-bond donors (Lipinski definition) is 0. The van der Waals surface area contributed by atoms with Gasteiger partial charge in [-0.2, -0.15) is 0 Å². The molecule has 0 aliphatic heterocycles. The van der Waals surface area contributed by atoms with Gasteiger partial charge in [0.15, 0.2) is 0 Å². The highest BCUT2D eigenvalue weighted by Crippen LogP contribution is 2.28. The number of hydrogen-bond acceptors (Lipinski definition) is 0. The van der Waals surface area contributed by atoms with E-state index in [1.807, 2.05) is 0 Å². The van der Waals surface area contributed by atoms with E-state index in [4.69, 9.17) is 0 Å². The quantitative estimate of drug-likeness (QED) is 0.202. The fraction of sp³-hybridized carbons (Fsp3) is 0.400. The molecule has 0 aliphatic carbocycles. The summed E-state index contributed by atoms with van der Waals surface area (Å²) in [5.74, 6) is 0. The van der Waals surface area contributed by atoms with Crippen LogP contribution in [0.2, 0.25) is 0 Å². The normalized spacial score (nSPS) is 11.3. The highest BCUT2D eigenvalue weighted by atomic mass is 14.2. The van der Waals surface area contributed by atoms with Crippen molar-refractivity contribution < 1.29 is 0 Å². The third-order valence-corrected chi connectivity index (χ3v) is 10.4. The molecule has 0 saturated carbocycles. The van der Waals surface area contributed by atoms with Gasteiger partial charge < -0.3 is 0 Å². The van der Waals surface area contributed by atoms with E-state index in [1.54, 1.807) is 11.1 Å². The molecule has 0 N–H and O–H groups in total. The molecule has 0 amide bonds. The lowest BCUT2D eigenvalue weighted by molar-refractivity contribution is 0.912. The smallest absolute Gasteiger partial charge is 0.0233 e. The Labute approximate surface area is 244 Å². The van der Waals surface area contributed by atoms with Crippen molar-refractivity contribution in [3.05, 3.63) is 138 Å². The molecule has 0 aliphatic rings. The van der Waals surface area contributed by atoms with Gasteiger partial charge in [-0.05, 0) is 197 Å². The predicted molar refractivity (Wildman–Crippen MR) is 175 cm³/mol. The van der Waals surface area contributed by atoms with Gasteiger partial charge in [-0.1, -0.05) is 48.5 Å². The van der Waals surface area contributed by atoms with E-state index >= 15 is 0 Å². The van der Waals surface area contributed by atoms with Crippen LogP contribution in [0, 0.1) is 69.2 Å².